The lowest BCUT2D eigenvalue weighted by molar-refractivity contribution is -0.117. The molecule has 1 aliphatic carbocycles. The van der Waals surface area contributed by atoms with E-state index in [0.717, 1.165) is 24.1 Å². The Morgan fingerprint density at radius 2 is 2.00 bits per heavy atom. The van der Waals surface area contributed by atoms with Crippen molar-refractivity contribution in [1.29, 1.82) is 0 Å². The maximum Gasteiger partial charge on any atom is 0.271 e. The van der Waals surface area contributed by atoms with Crippen molar-refractivity contribution >= 4 is 33.8 Å². The molecule has 2 aromatic heterocycles. The summed E-state index contributed by atoms with van der Waals surface area (Å²) >= 11 is 1.33. The van der Waals surface area contributed by atoms with E-state index in [0.29, 0.717) is 4.96 Å². The third kappa shape index (κ3) is 3.36. The van der Waals surface area contributed by atoms with Gasteiger partial charge in [-0.05, 0) is 30.5 Å². The molecule has 3 aromatic rings. The number of hydrogen-bond donors (Lipinski definition) is 2. The molecule has 4 rings (SSSR count). The predicted octanol–water partition coefficient (Wildman–Crippen LogP) is 2.03. The third-order valence-corrected chi connectivity index (χ3v) is 4.98. The van der Waals surface area contributed by atoms with Crippen LogP contribution in [0.25, 0.3) is 4.96 Å². The van der Waals surface area contributed by atoms with E-state index in [1.165, 1.54) is 21.9 Å². The molecule has 0 unspecified atom stereocenters. The van der Waals surface area contributed by atoms with Crippen LogP contribution in [0.5, 0.6) is 0 Å². The van der Waals surface area contributed by atoms with Crippen LogP contribution in [0.15, 0.2) is 46.8 Å². The molecule has 132 valence electrons. The van der Waals surface area contributed by atoms with Crippen molar-refractivity contribution in [1.82, 2.24) is 14.7 Å². The summed E-state index contributed by atoms with van der Waals surface area (Å²) in [5, 5.41) is 7.34. The molecule has 2 N–H and O–H groups in total. The number of nitrogens with one attached hydrogen (secondary N) is 2. The summed E-state index contributed by atoms with van der Waals surface area (Å²) in [4.78, 5) is 41.0. The first kappa shape index (κ1) is 16.5. The molecule has 1 aliphatic rings. The van der Waals surface area contributed by atoms with Crippen LogP contribution in [0.1, 0.15) is 28.8 Å². The van der Waals surface area contributed by atoms with Crippen LogP contribution < -0.4 is 16.2 Å². The van der Waals surface area contributed by atoms with Crippen LogP contribution in [0.4, 0.5) is 5.69 Å². The number of thiazole rings is 1. The number of anilines is 1. The minimum Gasteiger partial charge on any atom is -0.348 e. The summed E-state index contributed by atoms with van der Waals surface area (Å²) in [5.41, 5.74) is 1.23. The van der Waals surface area contributed by atoms with Crippen LogP contribution >= 0.6 is 11.3 Å². The van der Waals surface area contributed by atoms with Crippen molar-refractivity contribution in [2.24, 2.45) is 5.92 Å². The lowest BCUT2D eigenvalue weighted by Gasteiger charge is -2.07. The second-order valence-corrected chi connectivity index (χ2v) is 7.05. The van der Waals surface area contributed by atoms with Crippen LogP contribution in [0.2, 0.25) is 0 Å². The molecular weight excluding hydrogens is 352 g/mol. The Kier molecular flexibility index (Phi) is 4.26. The monoisotopic (exact) mass is 368 g/mol. The van der Waals surface area contributed by atoms with E-state index in [1.807, 2.05) is 12.1 Å². The van der Waals surface area contributed by atoms with Gasteiger partial charge < -0.3 is 10.6 Å². The Morgan fingerprint density at radius 1 is 1.23 bits per heavy atom. The van der Waals surface area contributed by atoms with Gasteiger partial charge in [-0.2, -0.15) is 0 Å². The number of nitrogens with zero attached hydrogens (tertiary/aromatic N) is 2. The predicted molar refractivity (Wildman–Crippen MR) is 98.3 cm³/mol. The molecule has 0 bridgehead atoms. The molecule has 0 radical (unpaired) electrons. The topological polar surface area (TPSA) is 92.6 Å². The maximum absolute atomic E-state index is 12.3. The van der Waals surface area contributed by atoms with E-state index in [-0.39, 0.29) is 29.5 Å². The Balaban J connectivity index is 1.39. The zero-order valence-corrected chi connectivity index (χ0v) is 14.6. The quantitative estimate of drug-likeness (QED) is 0.721. The Bertz CT molecular complexity index is 1030. The van der Waals surface area contributed by atoms with Gasteiger partial charge in [0.1, 0.15) is 5.56 Å². The fourth-order valence-corrected chi connectivity index (χ4v) is 3.23. The minimum atomic E-state index is -0.464. The second kappa shape index (κ2) is 6.72. The average Bonchev–Trinajstić information content (AvgIpc) is 3.39. The normalized spacial score (nSPS) is 13.5. The van der Waals surface area contributed by atoms with Crippen molar-refractivity contribution in [3.63, 3.8) is 0 Å². The van der Waals surface area contributed by atoms with E-state index < -0.39 is 5.91 Å². The Morgan fingerprint density at radius 3 is 2.73 bits per heavy atom. The van der Waals surface area contributed by atoms with Crippen LogP contribution in [-0.2, 0) is 11.3 Å². The molecule has 0 spiro atoms. The molecule has 0 aliphatic heterocycles. The zero-order chi connectivity index (χ0) is 18.1. The summed E-state index contributed by atoms with van der Waals surface area (Å²) in [7, 11) is 0. The first-order valence-electron chi connectivity index (χ1n) is 8.25. The minimum absolute atomic E-state index is 0.00853. The van der Waals surface area contributed by atoms with E-state index in [2.05, 4.69) is 15.6 Å². The lowest BCUT2D eigenvalue weighted by atomic mass is 10.2. The standard InChI is InChI=1S/C18H16N4O3S/c23-15(12-3-4-12)21-13-5-1-11(2-6-13)9-19-16(24)14-10-20-18-22(17(14)25)7-8-26-18/h1-2,5-8,10,12H,3-4,9H2,(H,19,24)(H,21,23). The van der Waals surface area contributed by atoms with E-state index in [9.17, 15) is 14.4 Å². The summed E-state index contributed by atoms with van der Waals surface area (Å²) < 4.78 is 1.36. The van der Waals surface area contributed by atoms with Gasteiger partial charge in [0, 0.05) is 35.9 Å². The molecule has 26 heavy (non-hydrogen) atoms. The lowest BCUT2D eigenvalue weighted by Crippen LogP contribution is -2.30. The number of benzene rings is 1. The second-order valence-electron chi connectivity index (χ2n) is 6.18. The number of rotatable bonds is 5. The van der Waals surface area contributed by atoms with E-state index >= 15 is 0 Å². The SMILES string of the molecule is O=C(NCc1ccc(NC(=O)C2CC2)cc1)c1cnc2sccn2c1=O. The van der Waals surface area contributed by atoms with Crippen LogP contribution in [0.3, 0.4) is 0 Å². The number of amides is 2. The summed E-state index contributed by atoms with van der Waals surface area (Å²) in [6.07, 6.45) is 4.82. The Hall–Kier alpha value is -3.00. The van der Waals surface area contributed by atoms with Crippen molar-refractivity contribution in [2.75, 3.05) is 5.32 Å². The Labute approximate surface area is 152 Å². The highest BCUT2D eigenvalue weighted by Gasteiger charge is 2.29. The molecule has 2 amide bonds. The van der Waals surface area contributed by atoms with Gasteiger partial charge in [-0.15, -0.1) is 11.3 Å². The van der Waals surface area contributed by atoms with Gasteiger partial charge >= 0.3 is 0 Å². The number of fused-ring (bicyclic) bond motifs is 1. The van der Waals surface area contributed by atoms with Crippen molar-refractivity contribution in [2.45, 2.75) is 19.4 Å². The van der Waals surface area contributed by atoms with E-state index in [4.69, 9.17) is 0 Å². The molecular formula is C18H16N4O3S. The number of aromatic nitrogens is 2. The number of hydrogen-bond acceptors (Lipinski definition) is 5. The van der Waals surface area contributed by atoms with Crippen molar-refractivity contribution < 1.29 is 9.59 Å². The van der Waals surface area contributed by atoms with Gasteiger partial charge in [0.15, 0.2) is 4.96 Å². The molecule has 0 saturated heterocycles. The molecule has 1 saturated carbocycles. The average molecular weight is 368 g/mol. The summed E-state index contributed by atoms with van der Waals surface area (Å²) in [6, 6.07) is 7.26. The molecule has 8 heteroatoms. The summed E-state index contributed by atoms with van der Waals surface area (Å²) in [5.74, 6) is -0.251. The first-order valence-corrected chi connectivity index (χ1v) is 9.12. The number of carbonyl (C=O) groups excluding carboxylic acids is 2. The van der Waals surface area contributed by atoms with Gasteiger partial charge in [0.25, 0.3) is 11.5 Å². The number of carbonyl (C=O) groups is 2. The molecule has 1 fully saturated rings. The fraction of sp³-hybridized carbons (Fsp3) is 0.222. The van der Waals surface area contributed by atoms with Gasteiger partial charge in [-0.3, -0.25) is 18.8 Å². The third-order valence-electron chi connectivity index (χ3n) is 4.21. The molecule has 1 aromatic carbocycles. The summed E-state index contributed by atoms with van der Waals surface area (Å²) in [6.45, 7) is 0.279. The van der Waals surface area contributed by atoms with Crippen molar-refractivity contribution in [3.8, 4) is 0 Å². The van der Waals surface area contributed by atoms with Gasteiger partial charge in [-0.1, -0.05) is 12.1 Å². The van der Waals surface area contributed by atoms with Crippen LogP contribution in [0, 0.1) is 5.92 Å². The highest BCUT2D eigenvalue weighted by atomic mass is 32.1. The molecule has 0 atom stereocenters. The van der Waals surface area contributed by atoms with Gasteiger partial charge in [-0.25, -0.2) is 4.98 Å². The fourth-order valence-electron chi connectivity index (χ4n) is 2.55. The smallest absolute Gasteiger partial charge is 0.271 e. The molecule has 7 nitrogen and oxygen atoms in total. The first-order chi connectivity index (χ1) is 12.6. The highest BCUT2D eigenvalue weighted by molar-refractivity contribution is 7.15. The molecule has 2 heterocycles. The highest BCUT2D eigenvalue weighted by Crippen LogP contribution is 2.30. The van der Waals surface area contributed by atoms with E-state index in [1.54, 1.807) is 23.7 Å². The largest absolute Gasteiger partial charge is 0.348 e. The maximum atomic E-state index is 12.3. The van der Waals surface area contributed by atoms with Crippen LogP contribution in [-0.4, -0.2) is 21.2 Å². The van der Waals surface area contributed by atoms with Gasteiger partial charge in [0.05, 0.1) is 0 Å². The zero-order valence-electron chi connectivity index (χ0n) is 13.8. The van der Waals surface area contributed by atoms with Gasteiger partial charge in [0.2, 0.25) is 5.91 Å². The van der Waals surface area contributed by atoms with Crippen molar-refractivity contribution in [3.05, 3.63) is 63.5 Å².